The van der Waals surface area contributed by atoms with E-state index in [4.69, 9.17) is 0 Å². The minimum absolute atomic E-state index is 0.0618. The van der Waals surface area contributed by atoms with Gasteiger partial charge >= 0.3 is 17.8 Å². The lowest BCUT2D eigenvalue weighted by Crippen LogP contribution is -2.44. The molecule has 1 N–H and O–H groups in total. The van der Waals surface area contributed by atoms with E-state index in [-0.39, 0.29) is 18.7 Å². The third-order valence-electron chi connectivity index (χ3n) is 5.57. The number of benzene rings is 2. The number of carbonyl (C=O) groups is 1. The number of nitrogens with zero attached hydrogens (tertiary/aromatic N) is 3. The first-order valence-electron chi connectivity index (χ1n) is 8.71. The lowest BCUT2D eigenvalue weighted by molar-refractivity contribution is -0.187. The van der Waals surface area contributed by atoms with Crippen LogP contribution in [0.15, 0.2) is 47.3 Å². The summed E-state index contributed by atoms with van der Waals surface area (Å²) in [4.78, 5) is 25.5. The van der Waals surface area contributed by atoms with Gasteiger partial charge in [0, 0.05) is 11.9 Å². The summed E-state index contributed by atoms with van der Waals surface area (Å²) in [5.74, 6) is -2.37. The fraction of sp³-hybridized carbons (Fsp3) is 0.263. The number of amides is 1. The Hall–Kier alpha value is -3.23. The molecule has 6 nitrogen and oxygen atoms in total. The number of rotatable bonds is 1. The molecule has 1 unspecified atom stereocenters. The Balaban J connectivity index is 1.69. The quantitative estimate of drug-likeness (QED) is 0.696. The first-order valence-corrected chi connectivity index (χ1v) is 8.71. The summed E-state index contributed by atoms with van der Waals surface area (Å²) in [6, 6.07) is 11.0. The summed E-state index contributed by atoms with van der Waals surface area (Å²) in [5.41, 5.74) is -0.0159. The molecule has 2 bridgehead atoms. The molecule has 2 aliphatic heterocycles. The summed E-state index contributed by atoms with van der Waals surface area (Å²) in [5, 5.41) is 12.4. The number of imidazole rings is 1. The van der Waals surface area contributed by atoms with Gasteiger partial charge in [-0.1, -0.05) is 36.4 Å². The largest absolute Gasteiger partial charge is 0.493 e. The molecule has 5 rings (SSSR count). The van der Waals surface area contributed by atoms with E-state index in [1.807, 2.05) is 18.2 Å². The van der Waals surface area contributed by atoms with Gasteiger partial charge in [-0.2, -0.15) is 13.2 Å². The number of aromatic nitrogens is 2. The van der Waals surface area contributed by atoms with Crippen LogP contribution in [0.1, 0.15) is 24.2 Å². The van der Waals surface area contributed by atoms with Crippen LogP contribution in [0, 0.1) is 0 Å². The molecule has 0 radical (unpaired) electrons. The number of alkyl halides is 3. The van der Waals surface area contributed by atoms with Gasteiger partial charge < -0.3 is 10.0 Å². The maximum atomic E-state index is 13.0. The molecule has 1 aromatic heterocycles. The van der Waals surface area contributed by atoms with Gasteiger partial charge in [-0.05, 0) is 17.9 Å². The SMILES string of the molecule is O=C(N1C[C@H]2CC1c1c(O)n(-c3cccc4ccccc34)c(=O)n12)C(F)(F)F. The number of carbonyl (C=O) groups excluding carboxylic acids is 1. The number of fused-ring (bicyclic) bond motifs is 6. The summed E-state index contributed by atoms with van der Waals surface area (Å²) < 4.78 is 41.1. The number of hydrogen-bond donors (Lipinski definition) is 1. The van der Waals surface area contributed by atoms with Crippen LogP contribution in [0.2, 0.25) is 0 Å². The fourth-order valence-electron chi connectivity index (χ4n) is 4.45. The molecule has 1 amide bonds. The van der Waals surface area contributed by atoms with Crippen LogP contribution in [0.3, 0.4) is 0 Å². The molecule has 0 saturated carbocycles. The lowest BCUT2D eigenvalue weighted by Gasteiger charge is -2.28. The molecule has 1 saturated heterocycles. The summed E-state index contributed by atoms with van der Waals surface area (Å²) in [6.45, 7) is -0.199. The second-order valence-electron chi connectivity index (χ2n) is 7.06. The van der Waals surface area contributed by atoms with Crippen molar-refractivity contribution in [1.29, 1.82) is 0 Å². The zero-order chi connectivity index (χ0) is 19.8. The van der Waals surface area contributed by atoms with E-state index < -0.39 is 35.7 Å². The molecule has 144 valence electrons. The van der Waals surface area contributed by atoms with Gasteiger partial charge in [-0.15, -0.1) is 0 Å². The molecule has 1 fully saturated rings. The van der Waals surface area contributed by atoms with E-state index in [2.05, 4.69) is 0 Å². The Kier molecular flexibility index (Phi) is 3.26. The minimum atomic E-state index is -5.00. The van der Waals surface area contributed by atoms with Crippen LogP contribution in [-0.4, -0.2) is 37.8 Å². The topological polar surface area (TPSA) is 67.5 Å². The van der Waals surface area contributed by atoms with E-state index >= 15 is 0 Å². The molecule has 3 aromatic rings. The Morgan fingerprint density at radius 3 is 2.57 bits per heavy atom. The van der Waals surface area contributed by atoms with Crippen LogP contribution in [0.4, 0.5) is 13.2 Å². The number of hydrogen-bond acceptors (Lipinski definition) is 3. The smallest absolute Gasteiger partial charge is 0.471 e. The van der Waals surface area contributed by atoms with Crippen molar-refractivity contribution in [3.8, 4) is 11.6 Å². The molecule has 0 spiro atoms. The van der Waals surface area contributed by atoms with Crippen molar-refractivity contribution in [2.45, 2.75) is 24.7 Å². The van der Waals surface area contributed by atoms with Gasteiger partial charge in [0.15, 0.2) is 0 Å². The van der Waals surface area contributed by atoms with Gasteiger partial charge in [-0.25, -0.2) is 9.36 Å². The van der Waals surface area contributed by atoms with E-state index in [0.717, 1.165) is 15.3 Å². The average Bonchev–Trinajstić information content (AvgIpc) is 3.31. The van der Waals surface area contributed by atoms with E-state index in [0.29, 0.717) is 10.6 Å². The number of likely N-dealkylation sites (tertiary alicyclic amines) is 1. The van der Waals surface area contributed by atoms with Crippen molar-refractivity contribution < 1.29 is 23.1 Å². The van der Waals surface area contributed by atoms with E-state index in [1.54, 1.807) is 24.3 Å². The van der Waals surface area contributed by atoms with Crippen LogP contribution >= 0.6 is 0 Å². The first kappa shape index (κ1) is 16.9. The van der Waals surface area contributed by atoms with Gasteiger partial charge in [0.25, 0.3) is 0 Å². The number of aromatic hydroxyl groups is 1. The maximum Gasteiger partial charge on any atom is 0.471 e. The second kappa shape index (κ2) is 5.40. The zero-order valence-electron chi connectivity index (χ0n) is 14.3. The Morgan fingerprint density at radius 2 is 1.82 bits per heavy atom. The highest BCUT2D eigenvalue weighted by molar-refractivity contribution is 5.90. The van der Waals surface area contributed by atoms with E-state index in [1.165, 1.54) is 4.57 Å². The minimum Gasteiger partial charge on any atom is -0.493 e. The van der Waals surface area contributed by atoms with Crippen LogP contribution in [-0.2, 0) is 4.79 Å². The van der Waals surface area contributed by atoms with Crippen molar-refractivity contribution in [1.82, 2.24) is 14.0 Å². The molecular weight excluding hydrogens is 375 g/mol. The maximum absolute atomic E-state index is 13.0. The predicted molar refractivity (Wildman–Crippen MR) is 93.4 cm³/mol. The molecule has 2 aliphatic rings. The normalized spacial score (nSPS) is 20.8. The fourth-order valence-corrected chi connectivity index (χ4v) is 4.45. The molecule has 9 heteroatoms. The van der Waals surface area contributed by atoms with Crippen LogP contribution in [0.25, 0.3) is 16.5 Å². The van der Waals surface area contributed by atoms with Gasteiger partial charge in [0.1, 0.15) is 5.69 Å². The van der Waals surface area contributed by atoms with Gasteiger partial charge in [-0.3, -0.25) is 9.36 Å². The third-order valence-corrected chi connectivity index (χ3v) is 5.57. The molecular formula is C19H14F3N3O3. The zero-order valence-corrected chi connectivity index (χ0v) is 14.3. The van der Waals surface area contributed by atoms with Crippen molar-refractivity contribution in [3.63, 3.8) is 0 Å². The van der Waals surface area contributed by atoms with Crippen molar-refractivity contribution >= 4 is 16.7 Å². The summed E-state index contributed by atoms with van der Waals surface area (Å²) >= 11 is 0. The molecule has 0 aliphatic carbocycles. The summed E-state index contributed by atoms with van der Waals surface area (Å²) in [6.07, 6.45) is -4.81. The monoisotopic (exact) mass is 389 g/mol. The van der Waals surface area contributed by atoms with Crippen LogP contribution in [0.5, 0.6) is 5.88 Å². The predicted octanol–water partition coefficient (Wildman–Crippen LogP) is 2.89. The van der Waals surface area contributed by atoms with Crippen molar-refractivity contribution in [2.24, 2.45) is 0 Å². The highest BCUT2D eigenvalue weighted by Crippen LogP contribution is 2.49. The van der Waals surface area contributed by atoms with E-state index in [9.17, 15) is 27.9 Å². The Morgan fingerprint density at radius 1 is 1.11 bits per heavy atom. The summed E-state index contributed by atoms with van der Waals surface area (Å²) in [7, 11) is 0. The van der Waals surface area contributed by atoms with Crippen molar-refractivity contribution in [2.75, 3.05) is 6.54 Å². The molecule has 3 heterocycles. The Bertz CT molecular complexity index is 1190. The van der Waals surface area contributed by atoms with Crippen LogP contribution < -0.4 is 5.69 Å². The molecule has 2 atom stereocenters. The number of halogens is 3. The average molecular weight is 389 g/mol. The Labute approximate surface area is 156 Å². The highest BCUT2D eigenvalue weighted by Gasteiger charge is 2.54. The first-order chi connectivity index (χ1) is 13.3. The van der Waals surface area contributed by atoms with Gasteiger partial charge in [0.05, 0.1) is 17.8 Å². The van der Waals surface area contributed by atoms with Crippen molar-refractivity contribution in [3.05, 3.63) is 58.6 Å². The standard InChI is InChI=1S/C19H14F3N3O3/c20-19(21,22)17(27)23-9-11-8-14(23)15-16(26)25(18(28)24(11)15)13-7-3-5-10-4-1-2-6-12(10)13/h1-7,11,14,26H,8-9H2/t11-,14?/m1/s1. The highest BCUT2D eigenvalue weighted by atomic mass is 19.4. The van der Waals surface area contributed by atoms with Gasteiger partial charge in [0.2, 0.25) is 5.88 Å². The third kappa shape index (κ3) is 2.10. The lowest BCUT2D eigenvalue weighted by atomic mass is 10.1. The second-order valence-corrected chi connectivity index (χ2v) is 7.06. The molecule has 28 heavy (non-hydrogen) atoms. The molecule has 2 aromatic carbocycles.